The number of nitrogens with one attached hydrogen (secondary N) is 2. The number of hydrogen-bond donors (Lipinski definition) is 2. The fraction of sp³-hybridized carbons (Fsp3) is 0.389. The van der Waals surface area contributed by atoms with E-state index in [9.17, 15) is 9.59 Å². The molecule has 1 amide bonds. The first-order valence-electron chi connectivity index (χ1n) is 9.17. The highest BCUT2D eigenvalue weighted by atomic mass is 32.1. The van der Waals surface area contributed by atoms with E-state index in [1.165, 1.54) is 13.2 Å². The van der Waals surface area contributed by atoms with Crippen molar-refractivity contribution in [3.8, 4) is 10.9 Å². The third kappa shape index (κ3) is 3.78. The molecule has 1 fully saturated rings. The highest BCUT2D eigenvalue weighted by molar-refractivity contribution is 7.17. The summed E-state index contributed by atoms with van der Waals surface area (Å²) in [6.45, 7) is 1.88. The molecule has 3 heterocycles. The minimum Gasteiger partial charge on any atom is -0.488 e. The van der Waals surface area contributed by atoms with Crippen molar-refractivity contribution < 1.29 is 18.7 Å². The summed E-state index contributed by atoms with van der Waals surface area (Å²) in [5, 5.41) is 18.7. The smallest absolute Gasteiger partial charge is 0.381 e. The Morgan fingerprint density at radius 2 is 2.17 bits per heavy atom. The summed E-state index contributed by atoms with van der Waals surface area (Å²) >= 11 is 1.14. The maximum absolute atomic E-state index is 12.7. The molecule has 158 valence electrons. The molecule has 1 aliphatic rings. The molecule has 0 radical (unpaired) electrons. The Hall–Kier alpha value is -3.25. The maximum Gasteiger partial charge on any atom is 0.381 e. The van der Waals surface area contributed by atoms with Crippen LogP contribution in [0.5, 0.6) is 5.75 Å². The fourth-order valence-electron chi connectivity index (χ4n) is 3.09. The molecule has 0 aliphatic heterocycles. The molecule has 2 N–H and O–H groups in total. The molecular weight excluding hydrogens is 412 g/mol. The Balaban J connectivity index is 1.55. The van der Waals surface area contributed by atoms with Crippen LogP contribution in [0.4, 0.5) is 10.8 Å². The van der Waals surface area contributed by atoms with E-state index in [-0.39, 0.29) is 28.8 Å². The number of anilines is 2. The minimum atomic E-state index is -0.758. The molecule has 0 saturated heterocycles. The van der Waals surface area contributed by atoms with E-state index in [4.69, 9.17) is 13.9 Å². The normalized spacial score (nSPS) is 18.0. The monoisotopic (exact) mass is 432 g/mol. The zero-order valence-corrected chi connectivity index (χ0v) is 17.4. The van der Waals surface area contributed by atoms with Gasteiger partial charge in [0, 0.05) is 25.1 Å². The van der Waals surface area contributed by atoms with Crippen molar-refractivity contribution in [2.75, 3.05) is 24.9 Å². The number of aromatic nitrogens is 4. The molecule has 11 nitrogen and oxygen atoms in total. The first kappa shape index (κ1) is 20.0. The number of hydrogen-bond acceptors (Lipinski definition) is 10. The number of methoxy groups -OCH3 is 2. The second-order valence-corrected chi connectivity index (χ2v) is 7.63. The van der Waals surface area contributed by atoms with Gasteiger partial charge >= 0.3 is 5.63 Å². The Labute approximate surface area is 175 Å². The maximum atomic E-state index is 12.7. The molecule has 4 rings (SSSR count). The number of carbonyl (C=O) groups excluding carboxylic acids is 1. The molecule has 12 heteroatoms. The fourth-order valence-corrected chi connectivity index (χ4v) is 3.85. The van der Waals surface area contributed by atoms with Crippen molar-refractivity contribution >= 4 is 28.1 Å². The Kier molecular flexibility index (Phi) is 5.50. The van der Waals surface area contributed by atoms with E-state index >= 15 is 0 Å². The van der Waals surface area contributed by atoms with Gasteiger partial charge in [-0.1, -0.05) is 11.3 Å². The molecule has 1 aliphatic carbocycles. The lowest BCUT2D eigenvalue weighted by Crippen LogP contribution is -2.44. The van der Waals surface area contributed by atoms with Crippen LogP contribution in [0.2, 0.25) is 0 Å². The van der Waals surface area contributed by atoms with Crippen molar-refractivity contribution in [3.05, 3.63) is 40.2 Å². The lowest BCUT2D eigenvalue weighted by atomic mass is 9.89. The van der Waals surface area contributed by atoms with Crippen LogP contribution in [-0.4, -0.2) is 52.3 Å². The van der Waals surface area contributed by atoms with Crippen LogP contribution in [0.1, 0.15) is 29.1 Å². The number of carbonyl (C=O) groups is 1. The summed E-state index contributed by atoms with van der Waals surface area (Å²) in [6, 6.07) is 3.28. The van der Waals surface area contributed by atoms with Gasteiger partial charge in [-0.25, -0.2) is 9.48 Å². The summed E-state index contributed by atoms with van der Waals surface area (Å²) in [6.07, 6.45) is 3.47. The van der Waals surface area contributed by atoms with Gasteiger partial charge < -0.3 is 19.2 Å². The van der Waals surface area contributed by atoms with Crippen LogP contribution in [-0.2, 0) is 4.74 Å². The molecule has 0 bridgehead atoms. The zero-order valence-electron chi connectivity index (χ0n) is 16.5. The van der Waals surface area contributed by atoms with Crippen LogP contribution in [0.25, 0.3) is 5.13 Å². The van der Waals surface area contributed by atoms with Gasteiger partial charge in [0.05, 0.1) is 24.9 Å². The molecule has 2 atom stereocenters. The van der Waals surface area contributed by atoms with E-state index in [2.05, 4.69) is 25.9 Å². The first-order valence-corrected chi connectivity index (χ1v) is 9.99. The van der Waals surface area contributed by atoms with Gasteiger partial charge in [0.1, 0.15) is 0 Å². The van der Waals surface area contributed by atoms with E-state index in [1.54, 1.807) is 18.0 Å². The molecule has 3 aromatic heterocycles. The molecule has 3 aromatic rings. The average molecular weight is 432 g/mol. The summed E-state index contributed by atoms with van der Waals surface area (Å²) in [5.41, 5.74) is 0.494. The topological polar surface area (TPSA) is 133 Å². The van der Waals surface area contributed by atoms with Crippen LogP contribution in [0, 0.1) is 6.92 Å². The molecular formula is C18H20N6O5S. The van der Waals surface area contributed by atoms with Crippen LogP contribution in [0.3, 0.4) is 0 Å². The van der Waals surface area contributed by atoms with Gasteiger partial charge in [-0.05, 0) is 25.8 Å². The van der Waals surface area contributed by atoms with Crippen molar-refractivity contribution in [1.82, 2.24) is 20.0 Å². The zero-order chi connectivity index (χ0) is 21.3. The van der Waals surface area contributed by atoms with Gasteiger partial charge in [-0.3, -0.25) is 10.1 Å². The highest BCUT2D eigenvalue weighted by Crippen LogP contribution is 2.30. The molecule has 30 heavy (non-hydrogen) atoms. The first-order chi connectivity index (χ1) is 14.5. The predicted molar refractivity (Wildman–Crippen MR) is 109 cm³/mol. The molecule has 0 aromatic carbocycles. The largest absolute Gasteiger partial charge is 0.488 e. The highest BCUT2D eigenvalue weighted by Gasteiger charge is 2.32. The van der Waals surface area contributed by atoms with E-state index in [1.807, 2.05) is 13.0 Å². The molecule has 0 unspecified atom stereocenters. The SMILES string of the molecule is COc1c(N[C@@H]2CC[C@@H]2OC)cc(C(=O)Nc2nnc(-n3nccc3C)s2)oc1=O. The Bertz CT molecular complexity index is 1120. The number of aryl methyl sites for hydroxylation is 1. The summed E-state index contributed by atoms with van der Waals surface area (Å²) in [5.74, 6) is -0.807. The second-order valence-electron chi connectivity index (χ2n) is 6.68. The third-order valence-electron chi connectivity index (χ3n) is 4.84. The van der Waals surface area contributed by atoms with Crippen molar-refractivity contribution in [1.29, 1.82) is 0 Å². The number of ether oxygens (including phenoxy) is 2. The number of rotatable bonds is 7. The third-order valence-corrected chi connectivity index (χ3v) is 5.65. The van der Waals surface area contributed by atoms with E-state index in [0.29, 0.717) is 10.8 Å². The van der Waals surface area contributed by atoms with E-state index in [0.717, 1.165) is 29.9 Å². The van der Waals surface area contributed by atoms with Gasteiger partial charge in [-0.15, -0.1) is 10.2 Å². The van der Waals surface area contributed by atoms with Crippen molar-refractivity contribution in [3.63, 3.8) is 0 Å². The summed E-state index contributed by atoms with van der Waals surface area (Å²) in [7, 11) is 3.00. The van der Waals surface area contributed by atoms with Crippen LogP contribution < -0.4 is 21.0 Å². The summed E-state index contributed by atoms with van der Waals surface area (Å²) in [4.78, 5) is 25.0. The molecule has 0 spiro atoms. The van der Waals surface area contributed by atoms with Crippen molar-refractivity contribution in [2.45, 2.75) is 31.9 Å². The average Bonchev–Trinajstić information content (AvgIpc) is 3.33. The van der Waals surface area contributed by atoms with Crippen molar-refractivity contribution in [2.24, 2.45) is 0 Å². The standard InChI is InChI=1S/C18H20N6O5S/c1-9-6-7-19-24(9)18-23-22-17(30-18)21-15(25)13-8-11(14(28-3)16(26)29-13)20-10-4-5-12(10)27-2/h6-8,10,12,20H,4-5H2,1-3H3,(H,21,22,25)/t10-,12+/m1/s1. The lowest BCUT2D eigenvalue weighted by Gasteiger charge is -2.36. The van der Waals surface area contributed by atoms with Gasteiger partial charge in [0.25, 0.3) is 5.91 Å². The lowest BCUT2D eigenvalue weighted by molar-refractivity contribution is 0.0285. The quantitative estimate of drug-likeness (QED) is 0.573. The molecule has 1 saturated carbocycles. The Morgan fingerprint density at radius 1 is 1.33 bits per heavy atom. The van der Waals surface area contributed by atoms with Crippen LogP contribution >= 0.6 is 11.3 Å². The van der Waals surface area contributed by atoms with E-state index < -0.39 is 11.5 Å². The van der Waals surface area contributed by atoms with Gasteiger partial charge in [0.15, 0.2) is 5.76 Å². The minimum absolute atomic E-state index is 0.000613. The second kappa shape index (κ2) is 8.24. The Morgan fingerprint density at radius 3 is 2.80 bits per heavy atom. The van der Waals surface area contributed by atoms with Gasteiger partial charge in [-0.2, -0.15) is 5.10 Å². The van der Waals surface area contributed by atoms with Crippen LogP contribution in [0.15, 0.2) is 27.5 Å². The summed E-state index contributed by atoms with van der Waals surface area (Å²) < 4.78 is 17.3. The number of nitrogens with zero attached hydrogens (tertiary/aromatic N) is 4. The number of amides is 1. The van der Waals surface area contributed by atoms with Gasteiger partial charge in [0.2, 0.25) is 16.0 Å². The predicted octanol–water partition coefficient (Wildman–Crippen LogP) is 1.84.